The Kier molecular flexibility index (Phi) is 4.85. The number of amides is 1. The first-order valence-electron chi connectivity index (χ1n) is 8.76. The Balaban J connectivity index is 1.76. The molecule has 1 saturated heterocycles. The van der Waals surface area contributed by atoms with E-state index in [9.17, 15) is 13.6 Å². The lowest BCUT2D eigenvalue weighted by Gasteiger charge is -2.20. The second-order valence-corrected chi connectivity index (χ2v) is 7.11. The molecule has 3 aromatic rings. The molecule has 2 aromatic heterocycles. The Hall–Kier alpha value is -2.80. The first-order chi connectivity index (χ1) is 13.4. The molecule has 1 aliphatic rings. The summed E-state index contributed by atoms with van der Waals surface area (Å²) in [7, 11) is 0. The van der Waals surface area contributed by atoms with Crippen LogP contribution in [0.2, 0.25) is 5.02 Å². The zero-order valence-electron chi connectivity index (χ0n) is 14.9. The van der Waals surface area contributed by atoms with Crippen LogP contribution >= 0.6 is 11.6 Å². The molecular weight excluding hydrogens is 388 g/mol. The molecule has 28 heavy (non-hydrogen) atoms. The average molecular weight is 404 g/mol. The molecule has 8 heteroatoms. The predicted octanol–water partition coefficient (Wildman–Crippen LogP) is 4.13. The maximum Gasteiger partial charge on any atom is 0.223 e. The summed E-state index contributed by atoms with van der Waals surface area (Å²) in [5, 5.41) is 2.89. The van der Waals surface area contributed by atoms with Gasteiger partial charge in [-0.05, 0) is 37.3 Å². The predicted molar refractivity (Wildman–Crippen MR) is 101 cm³/mol. The summed E-state index contributed by atoms with van der Waals surface area (Å²) in [6, 6.07) is 7.44. The van der Waals surface area contributed by atoms with Gasteiger partial charge in [-0.1, -0.05) is 11.6 Å². The van der Waals surface area contributed by atoms with Crippen LogP contribution in [-0.2, 0) is 4.79 Å². The van der Waals surface area contributed by atoms with Gasteiger partial charge in [0.1, 0.15) is 22.8 Å². The summed E-state index contributed by atoms with van der Waals surface area (Å²) in [5.74, 6) is -1.45. The Labute approximate surface area is 164 Å². The van der Waals surface area contributed by atoms with E-state index in [0.29, 0.717) is 35.4 Å². The van der Waals surface area contributed by atoms with Gasteiger partial charge in [-0.3, -0.25) is 9.78 Å². The van der Waals surface area contributed by atoms with E-state index in [4.69, 9.17) is 16.3 Å². The summed E-state index contributed by atoms with van der Waals surface area (Å²) in [4.78, 5) is 20.3. The molecule has 1 amide bonds. The van der Waals surface area contributed by atoms with E-state index in [1.807, 2.05) is 13.0 Å². The van der Waals surface area contributed by atoms with Gasteiger partial charge >= 0.3 is 0 Å². The van der Waals surface area contributed by atoms with Crippen LogP contribution in [0.15, 0.2) is 36.5 Å². The number of ether oxygens (including phenoxy) is 1. The van der Waals surface area contributed by atoms with Crippen molar-refractivity contribution in [2.75, 3.05) is 6.54 Å². The lowest BCUT2D eigenvalue weighted by molar-refractivity contribution is -0.119. The van der Waals surface area contributed by atoms with Crippen molar-refractivity contribution in [3.8, 4) is 17.1 Å². The minimum Gasteiger partial charge on any atom is -0.474 e. The normalized spacial score (nSPS) is 17.6. The van der Waals surface area contributed by atoms with Gasteiger partial charge < -0.3 is 10.1 Å². The molecule has 1 fully saturated rings. The van der Waals surface area contributed by atoms with Gasteiger partial charge in [0, 0.05) is 30.6 Å². The maximum absolute atomic E-state index is 13.9. The number of hydrogen-bond acceptors (Lipinski definition) is 4. The van der Waals surface area contributed by atoms with Crippen molar-refractivity contribution in [2.45, 2.75) is 19.4 Å². The number of nitrogens with one attached hydrogen (secondary N) is 1. The van der Waals surface area contributed by atoms with Crippen molar-refractivity contribution in [2.24, 2.45) is 5.92 Å². The highest BCUT2D eigenvalue weighted by molar-refractivity contribution is 6.31. The van der Waals surface area contributed by atoms with Crippen molar-refractivity contribution < 1.29 is 18.3 Å². The molecule has 0 unspecified atom stereocenters. The second-order valence-electron chi connectivity index (χ2n) is 6.73. The van der Waals surface area contributed by atoms with E-state index < -0.39 is 16.7 Å². The summed E-state index contributed by atoms with van der Waals surface area (Å²) >= 11 is 5.58. The number of carbonyl (C=O) groups is 1. The van der Waals surface area contributed by atoms with Crippen molar-refractivity contribution in [1.82, 2.24) is 15.3 Å². The van der Waals surface area contributed by atoms with Gasteiger partial charge in [0.2, 0.25) is 11.8 Å². The number of pyridine rings is 2. The maximum atomic E-state index is 13.9. The zero-order valence-corrected chi connectivity index (χ0v) is 15.6. The molecule has 2 atom stereocenters. The highest BCUT2D eigenvalue weighted by Crippen LogP contribution is 2.32. The fraction of sp³-hybridized carbons (Fsp3) is 0.250. The Morgan fingerprint density at radius 1 is 1.29 bits per heavy atom. The van der Waals surface area contributed by atoms with E-state index in [2.05, 4.69) is 15.3 Å². The molecular formula is C20H16ClF2N3O2. The first kappa shape index (κ1) is 18.6. The van der Waals surface area contributed by atoms with Crippen LogP contribution in [0.25, 0.3) is 22.2 Å². The molecule has 4 rings (SSSR count). The molecule has 144 valence electrons. The molecule has 0 aliphatic carbocycles. The lowest BCUT2D eigenvalue weighted by atomic mass is 10.0. The quantitative estimate of drug-likeness (QED) is 0.665. The number of nitrogens with zero attached hydrogens (tertiary/aromatic N) is 2. The Bertz CT molecular complexity index is 1050. The van der Waals surface area contributed by atoms with Gasteiger partial charge in [-0.25, -0.2) is 13.8 Å². The first-order valence-corrected chi connectivity index (χ1v) is 9.14. The fourth-order valence-electron chi connectivity index (χ4n) is 3.22. The number of carbonyl (C=O) groups excluding carboxylic acids is 1. The summed E-state index contributed by atoms with van der Waals surface area (Å²) < 4.78 is 33.9. The molecule has 0 radical (unpaired) electrons. The highest BCUT2D eigenvalue weighted by atomic mass is 35.5. The molecule has 1 N–H and O–H groups in total. The SMILES string of the molecule is C[C@@H](Oc1nc(-c2cc(F)c(Cl)c(F)c2)cc2ncccc12)[C@H]1CNC(=O)C1. The number of hydrogen-bond donors (Lipinski definition) is 1. The molecule has 0 spiro atoms. The van der Waals surface area contributed by atoms with E-state index in [1.165, 1.54) is 0 Å². The number of halogens is 3. The van der Waals surface area contributed by atoms with E-state index >= 15 is 0 Å². The van der Waals surface area contributed by atoms with Gasteiger partial charge in [0.25, 0.3) is 0 Å². The number of rotatable bonds is 4. The van der Waals surface area contributed by atoms with E-state index in [1.54, 1.807) is 18.3 Å². The molecule has 1 aromatic carbocycles. The summed E-state index contributed by atoms with van der Waals surface area (Å²) in [6.07, 6.45) is 1.70. The highest BCUT2D eigenvalue weighted by Gasteiger charge is 2.28. The third kappa shape index (κ3) is 3.49. The van der Waals surface area contributed by atoms with Gasteiger partial charge in [0.15, 0.2) is 0 Å². The van der Waals surface area contributed by atoms with Crippen LogP contribution in [0, 0.1) is 17.6 Å². The van der Waals surface area contributed by atoms with Crippen molar-refractivity contribution in [3.05, 3.63) is 53.2 Å². The van der Waals surface area contributed by atoms with E-state index in [0.717, 1.165) is 12.1 Å². The lowest BCUT2D eigenvalue weighted by Crippen LogP contribution is -2.26. The van der Waals surface area contributed by atoms with Crippen molar-refractivity contribution >= 4 is 28.4 Å². The molecule has 0 bridgehead atoms. The van der Waals surface area contributed by atoms with Crippen LogP contribution in [-0.4, -0.2) is 28.5 Å². The number of benzene rings is 1. The minimum atomic E-state index is -0.869. The van der Waals surface area contributed by atoms with Crippen LogP contribution in [0.1, 0.15) is 13.3 Å². The smallest absolute Gasteiger partial charge is 0.223 e. The third-order valence-corrected chi connectivity index (χ3v) is 5.18. The molecule has 5 nitrogen and oxygen atoms in total. The minimum absolute atomic E-state index is 0.00935. The van der Waals surface area contributed by atoms with Crippen LogP contribution in [0.3, 0.4) is 0 Å². The van der Waals surface area contributed by atoms with Crippen LogP contribution < -0.4 is 10.1 Å². The van der Waals surface area contributed by atoms with Gasteiger partial charge in [-0.2, -0.15) is 0 Å². The molecule has 3 heterocycles. The molecule has 1 aliphatic heterocycles. The zero-order chi connectivity index (χ0) is 19.8. The molecule has 0 saturated carbocycles. The van der Waals surface area contributed by atoms with Gasteiger partial charge in [-0.15, -0.1) is 0 Å². The third-order valence-electron chi connectivity index (χ3n) is 4.81. The van der Waals surface area contributed by atoms with E-state index in [-0.39, 0.29) is 23.5 Å². The van der Waals surface area contributed by atoms with Gasteiger partial charge in [0.05, 0.1) is 16.6 Å². The van der Waals surface area contributed by atoms with Crippen LogP contribution in [0.4, 0.5) is 8.78 Å². The Morgan fingerprint density at radius 3 is 2.71 bits per heavy atom. The average Bonchev–Trinajstić information content (AvgIpc) is 3.12. The topological polar surface area (TPSA) is 64.1 Å². The summed E-state index contributed by atoms with van der Waals surface area (Å²) in [6.45, 7) is 2.40. The number of fused-ring (bicyclic) bond motifs is 1. The van der Waals surface area contributed by atoms with Crippen molar-refractivity contribution in [3.63, 3.8) is 0 Å². The van der Waals surface area contributed by atoms with Crippen LogP contribution in [0.5, 0.6) is 5.88 Å². The van der Waals surface area contributed by atoms with Crippen molar-refractivity contribution in [1.29, 1.82) is 0 Å². The second kappa shape index (κ2) is 7.31. The fourth-order valence-corrected chi connectivity index (χ4v) is 3.33. The Morgan fingerprint density at radius 2 is 2.04 bits per heavy atom. The summed E-state index contributed by atoms with van der Waals surface area (Å²) in [5.41, 5.74) is 1.11. The monoisotopic (exact) mass is 403 g/mol. The standard InChI is InChI=1S/C20H16ClF2N3O2/c1-10(12-7-18(27)25-9-12)28-20-13-3-2-4-24-17(13)8-16(26-20)11-5-14(22)19(21)15(23)6-11/h2-6,8,10,12H,7,9H2,1H3,(H,25,27)/t10-,12-/m1/s1. The number of aromatic nitrogens is 2. The largest absolute Gasteiger partial charge is 0.474 e.